The first kappa shape index (κ1) is 26.2. The highest BCUT2D eigenvalue weighted by atomic mass is 16.2. The van der Waals surface area contributed by atoms with E-state index in [0.29, 0.717) is 44.8 Å². The number of amides is 3. The third kappa shape index (κ3) is 5.00. The first-order chi connectivity index (χ1) is 19.1. The summed E-state index contributed by atoms with van der Waals surface area (Å²) in [6.45, 7) is 8.87. The fourth-order valence-electron chi connectivity index (χ4n) is 6.21. The molecule has 2 aromatic heterocycles. The lowest BCUT2D eigenvalue weighted by molar-refractivity contribution is -0.151. The fourth-order valence-corrected chi connectivity index (χ4v) is 6.21. The van der Waals surface area contributed by atoms with Gasteiger partial charge in [0, 0.05) is 63.6 Å². The van der Waals surface area contributed by atoms with Crippen molar-refractivity contribution in [3.05, 3.63) is 83.4 Å². The average Bonchev–Trinajstić information content (AvgIpc) is 3.25. The van der Waals surface area contributed by atoms with Crippen molar-refractivity contribution in [1.82, 2.24) is 29.9 Å². The van der Waals surface area contributed by atoms with Gasteiger partial charge in [-0.3, -0.25) is 24.0 Å². The average molecular weight is 543 g/mol. The molecular weight excluding hydrogens is 504 g/mol. The second kappa shape index (κ2) is 9.87. The molecule has 1 spiro atoms. The minimum absolute atomic E-state index is 0. The molecule has 40 heavy (non-hydrogen) atoms. The number of rotatable bonds is 7. The Morgan fingerprint density at radius 3 is 2.38 bits per heavy atom. The van der Waals surface area contributed by atoms with Gasteiger partial charge in [-0.2, -0.15) is 5.10 Å². The topological polar surface area (TPSA) is 100 Å². The second-order valence-corrected chi connectivity index (χ2v) is 12.5. The zero-order chi connectivity index (χ0) is 28.1. The number of pyridine rings is 1. The zero-order valence-electron chi connectivity index (χ0n) is 23.3. The first-order valence-corrected chi connectivity index (χ1v) is 14.0. The van der Waals surface area contributed by atoms with E-state index < -0.39 is 11.3 Å². The molecule has 1 N–H and O–H groups in total. The Hall–Kier alpha value is -4.01. The smallest absolute Gasteiger partial charge is 0.257 e. The number of nitrogens with one attached hydrogen (secondary N) is 1. The molecular formula is C31H38N6O3. The predicted octanol–water partition coefficient (Wildman–Crippen LogP) is 3.14. The summed E-state index contributed by atoms with van der Waals surface area (Å²) in [6.07, 6.45) is 6.04. The van der Waals surface area contributed by atoms with Crippen LogP contribution < -0.4 is 5.32 Å². The summed E-state index contributed by atoms with van der Waals surface area (Å²) in [6, 6.07) is 13.8. The number of aryl methyl sites for hydroxylation is 1. The summed E-state index contributed by atoms with van der Waals surface area (Å²) in [7, 11) is 0. The highest BCUT2D eigenvalue weighted by molar-refractivity contribution is 5.95. The quantitative estimate of drug-likeness (QED) is 0.495. The highest BCUT2D eigenvalue weighted by Crippen LogP contribution is 2.54. The van der Waals surface area contributed by atoms with Gasteiger partial charge in [0.2, 0.25) is 11.8 Å². The van der Waals surface area contributed by atoms with E-state index in [9.17, 15) is 14.4 Å². The van der Waals surface area contributed by atoms with Crippen LogP contribution in [0.1, 0.15) is 48.9 Å². The number of nitrogens with zero attached hydrogens (tertiary/aromatic N) is 5. The first-order valence-electron chi connectivity index (χ1n) is 14.0. The Balaban J connectivity index is 0.00000337. The van der Waals surface area contributed by atoms with Gasteiger partial charge < -0.3 is 15.1 Å². The van der Waals surface area contributed by atoms with E-state index in [1.807, 2.05) is 54.3 Å². The molecule has 1 aromatic carbocycles. The number of benzene rings is 1. The van der Waals surface area contributed by atoms with Crippen LogP contribution in [0.5, 0.6) is 0 Å². The Bertz CT molecular complexity index is 1430. The summed E-state index contributed by atoms with van der Waals surface area (Å²) in [5.74, 6) is -0.391. The van der Waals surface area contributed by atoms with E-state index >= 15 is 0 Å². The molecule has 2 saturated heterocycles. The van der Waals surface area contributed by atoms with E-state index in [1.54, 1.807) is 28.2 Å². The molecule has 210 valence electrons. The number of hydrogen-bond donors (Lipinski definition) is 1. The largest absolute Gasteiger partial charge is 0.352 e. The van der Waals surface area contributed by atoms with Crippen LogP contribution in [0.4, 0.5) is 0 Å². The van der Waals surface area contributed by atoms with Crippen LogP contribution >= 0.6 is 0 Å². The van der Waals surface area contributed by atoms with Crippen LogP contribution in [0, 0.1) is 29.6 Å². The van der Waals surface area contributed by atoms with E-state index in [1.165, 1.54) is 0 Å². The van der Waals surface area contributed by atoms with Crippen molar-refractivity contribution < 1.29 is 15.8 Å². The number of likely N-dealkylation sites (tertiary alicyclic amines) is 2. The number of hydrogen-bond acceptors (Lipinski definition) is 5. The predicted molar refractivity (Wildman–Crippen MR) is 151 cm³/mol. The van der Waals surface area contributed by atoms with E-state index in [-0.39, 0.29) is 30.5 Å². The van der Waals surface area contributed by atoms with Gasteiger partial charge in [-0.15, -0.1) is 0 Å². The van der Waals surface area contributed by atoms with Gasteiger partial charge in [0.1, 0.15) is 0 Å². The molecule has 2 aliphatic heterocycles. The third-order valence-electron chi connectivity index (χ3n) is 8.89. The number of carbonyl (C=O) groups is 3. The highest BCUT2D eigenvalue weighted by Gasteiger charge is 2.61. The molecule has 2 atom stereocenters. The van der Waals surface area contributed by atoms with Crippen LogP contribution in [-0.4, -0.2) is 68.5 Å². The molecule has 6 rings (SSSR count). The summed E-state index contributed by atoms with van der Waals surface area (Å²) in [4.78, 5) is 48.2. The van der Waals surface area contributed by atoms with Gasteiger partial charge in [0.15, 0.2) is 0 Å². The van der Waals surface area contributed by atoms with Crippen molar-refractivity contribution in [3.8, 4) is 0 Å². The number of aromatic nitrogens is 3. The summed E-state index contributed by atoms with van der Waals surface area (Å²) in [5, 5.41) is 7.47. The van der Waals surface area contributed by atoms with Crippen LogP contribution in [-0.2, 0) is 22.7 Å². The Morgan fingerprint density at radius 1 is 0.975 bits per heavy atom. The van der Waals surface area contributed by atoms with Gasteiger partial charge in [0.05, 0.1) is 24.2 Å². The Labute approximate surface area is 236 Å². The molecule has 9 nitrogen and oxygen atoms in total. The second-order valence-electron chi connectivity index (χ2n) is 12.5. The normalized spacial score (nSPS) is 22.2. The molecule has 0 radical (unpaired) electrons. The summed E-state index contributed by atoms with van der Waals surface area (Å²) >= 11 is 0. The molecule has 4 heterocycles. The van der Waals surface area contributed by atoms with E-state index in [4.69, 9.17) is 0 Å². The fraction of sp³-hybridized carbons (Fsp3) is 0.452. The lowest BCUT2D eigenvalue weighted by atomic mass is 9.71. The standard InChI is InChI=1S/C31H36N6O3.H2/c1-21-9-10-23(12-32-21)13-33-27(38)26-17-35(18-31(26)19-36(20-31)29(40)25-11-30(25,2)3)28(39)24-14-34-37(16-24)15-22-7-5-4-6-8-22;/h4-10,12,14,16,25-26H,11,13,15,17-20H2,1-3H3,(H,33,38);1H/t25-,26+;/m1./s1. The Kier molecular flexibility index (Phi) is 6.47. The molecule has 3 fully saturated rings. The van der Waals surface area contributed by atoms with Crippen molar-refractivity contribution in [1.29, 1.82) is 0 Å². The third-order valence-corrected chi connectivity index (χ3v) is 8.89. The molecule has 1 aliphatic carbocycles. The SMILES string of the molecule is Cc1ccc(CNC(=O)[C@@H]2CN(C(=O)c3cnn(Cc4ccccc4)c3)CC23CN(C(=O)[C@H]2CC2(C)C)C3)cn1.[HH]. The lowest BCUT2D eigenvalue weighted by Gasteiger charge is -2.50. The van der Waals surface area contributed by atoms with Gasteiger partial charge in [0.25, 0.3) is 5.91 Å². The van der Waals surface area contributed by atoms with Crippen LogP contribution in [0.25, 0.3) is 0 Å². The van der Waals surface area contributed by atoms with Gasteiger partial charge in [-0.1, -0.05) is 50.2 Å². The van der Waals surface area contributed by atoms with Crippen LogP contribution in [0.15, 0.2) is 61.1 Å². The van der Waals surface area contributed by atoms with Crippen molar-refractivity contribution in [2.75, 3.05) is 26.2 Å². The minimum atomic E-state index is -0.444. The van der Waals surface area contributed by atoms with Gasteiger partial charge >= 0.3 is 0 Å². The summed E-state index contributed by atoms with van der Waals surface area (Å²) < 4.78 is 1.76. The van der Waals surface area contributed by atoms with Crippen molar-refractivity contribution in [2.24, 2.45) is 22.7 Å². The maximum absolute atomic E-state index is 13.6. The maximum atomic E-state index is 13.6. The number of carbonyl (C=O) groups excluding carboxylic acids is 3. The minimum Gasteiger partial charge on any atom is -0.352 e. The van der Waals surface area contributed by atoms with Gasteiger partial charge in [-0.05, 0) is 36.0 Å². The molecule has 0 unspecified atom stereocenters. The Morgan fingerprint density at radius 2 is 1.70 bits per heavy atom. The van der Waals surface area contributed by atoms with Crippen molar-refractivity contribution >= 4 is 17.7 Å². The van der Waals surface area contributed by atoms with E-state index in [0.717, 1.165) is 23.2 Å². The van der Waals surface area contributed by atoms with Gasteiger partial charge in [-0.25, -0.2) is 0 Å². The zero-order valence-corrected chi connectivity index (χ0v) is 23.3. The van der Waals surface area contributed by atoms with Crippen molar-refractivity contribution in [3.63, 3.8) is 0 Å². The van der Waals surface area contributed by atoms with Crippen LogP contribution in [0.3, 0.4) is 0 Å². The maximum Gasteiger partial charge on any atom is 0.257 e. The lowest BCUT2D eigenvalue weighted by Crippen LogP contribution is -2.64. The molecule has 3 aromatic rings. The monoisotopic (exact) mass is 542 g/mol. The summed E-state index contributed by atoms with van der Waals surface area (Å²) in [5.41, 5.74) is 3.06. The molecule has 3 aliphatic rings. The molecule has 3 amide bonds. The molecule has 0 bridgehead atoms. The van der Waals surface area contributed by atoms with Crippen LogP contribution in [0.2, 0.25) is 0 Å². The van der Waals surface area contributed by atoms with Crippen molar-refractivity contribution in [2.45, 2.75) is 40.3 Å². The molecule has 1 saturated carbocycles. The van der Waals surface area contributed by atoms with E-state index in [2.05, 4.69) is 29.2 Å². The molecule has 9 heteroatoms.